The number of aryl methyl sites for hydroxylation is 1. The molecule has 1 aliphatic rings. The van der Waals surface area contributed by atoms with E-state index in [-0.39, 0.29) is 18.3 Å². The molecule has 1 aromatic heterocycles. The molecule has 19 heavy (non-hydrogen) atoms. The van der Waals surface area contributed by atoms with Crippen LogP contribution in [-0.4, -0.2) is 28.8 Å². The van der Waals surface area contributed by atoms with Gasteiger partial charge in [-0.05, 0) is 37.8 Å². The number of halogens is 1. The zero-order valence-electron chi connectivity index (χ0n) is 11.6. The van der Waals surface area contributed by atoms with Gasteiger partial charge in [0.1, 0.15) is 0 Å². The predicted molar refractivity (Wildman–Crippen MR) is 78.5 cm³/mol. The van der Waals surface area contributed by atoms with Gasteiger partial charge in [0.25, 0.3) is 0 Å². The number of piperidine rings is 1. The summed E-state index contributed by atoms with van der Waals surface area (Å²) in [6.45, 7) is 4.34. The second kappa shape index (κ2) is 7.50. The Hall–Kier alpha value is -1.07. The number of hydrogen-bond donors (Lipinski definition) is 2. The van der Waals surface area contributed by atoms with Crippen LogP contribution in [0, 0.1) is 11.8 Å². The quantitative estimate of drug-likeness (QED) is 0.887. The number of carbonyl (C=O) groups excluding carboxylic acids is 1. The monoisotopic (exact) mass is 286 g/mol. The molecule has 5 nitrogen and oxygen atoms in total. The Bertz CT molecular complexity index is 401. The minimum atomic E-state index is 0. The second-order valence-corrected chi connectivity index (χ2v) is 5.19. The maximum atomic E-state index is 11.9. The van der Waals surface area contributed by atoms with Gasteiger partial charge in [-0.2, -0.15) is 5.10 Å². The van der Waals surface area contributed by atoms with Crippen molar-refractivity contribution in [1.82, 2.24) is 15.1 Å². The Morgan fingerprint density at radius 1 is 1.58 bits per heavy atom. The average molecular weight is 287 g/mol. The summed E-state index contributed by atoms with van der Waals surface area (Å²) in [5.74, 6) is 1.82. The molecule has 0 radical (unpaired) electrons. The van der Waals surface area contributed by atoms with Gasteiger partial charge in [-0.1, -0.05) is 6.92 Å². The molecule has 1 aliphatic heterocycles. The SMILES string of the molecule is CC(CC(=O)Nc1ccn(C)n1)C1CCNCC1.Cl. The molecular weight excluding hydrogens is 264 g/mol. The smallest absolute Gasteiger partial charge is 0.225 e. The van der Waals surface area contributed by atoms with Gasteiger partial charge in [-0.3, -0.25) is 9.48 Å². The van der Waals surface area contributed by atoms with Gasteiger partial charge in [-0.25, -0.2) is 0 Å². The number of aromatic nitrogens is 2. The summed E-state index contributed by atoms with van der Waals surface area (Å²) >= 11 is 0. The van der Waals surface area contributed by atoms with E-state index in [1.165, 1.54) is 12.8 Å². The van der Waals surface area contributed by atoms with E-state index in [1.54, 1.807) is 4.68 Å². The predicted octanol–water partition coefficient (Wildman–Crippen LogP) is 1.81. The molecule has 0 saturated carbocycles. The highest BCUT2D eigenvalue weighted by Crippen LogP contribution is 2.24. The lowest BCUT2D eigenvalue weighted by molar-refractivity contribution is -0.117. The summed E-state index contributed by atoms with van der Waals surface area (Å²) < 4.78 is 1.69. The van der Waals surface area contributed by atoms with E-state index in [1.807, 2.05) is 19.3 Å². The van der Waals surface area contributed by atoms with Gasteiger partial charge in [0.2, 0.25) is 5.91 Å². The zero-order valence-corrected chi connectivity index (χ0v) is 12.4. The number of nitrogens with one attached hydrogen (secondary N) is 2. The summed E-state index contributed by atoms with van der Waals surface area (Å²) in [6.07, 6.45) is 4.77. The summed E-state index contributed by atoms with van der Waals surface area (Å²) in [5.41, 5.74) is 0. The summed E-state index contributed by atoms with van der Waals surface area (Å²) in [5, 5.41) is 10.3. The molecule has 2 N–H and O–H groups in total. The van der Waals surface area contributed by atoms with Crippen LogP contribution in [-0.2, 0) is 11.8 Å². The first kappa shape index (κ1) is 16.0. The van der Waals surface area contributed by atoms with Crippen molar-refractivity contribution in [3.8, 4) is 0 Å². The molecular formula is C13H23ClN4O. The number of hydrogen-bond acceptors (Lipinski definition) is 3. The summed E-state index contributed by atoms with van der Waals surface area (Å²) in [4.78, 5) is 11.9. The van der Waals surface area contributed by atoms with Crippen LogP contribution >= 0.6 is 12.4 Å². The Labute approximate surface area is 120 Å². The lowest BCUT2D eigenvalue weighted by Gasteiger charge is -2.27. The molecule has 0 bridgehead atoms. The molecule has 2 rings (SSSR count). The topological polar surface area (TPSA) is 59.0 Å². The molecule has 1 atom stereocenters. The van der Waals surface area contributed by atoms with Crippen LogP contribution in [0.3, 0.4) is 0 Å². The molecule has 1 fully saturated rings. The van der Waals surface area contributed by atoms with Crippen LogP contribution in [0.5, 0.6) is 0 Å². The molecule has 1 unspecified atom stereocenters. The standard InChI is InChI=1S/C13H22N4O.ClH/c1-10(11-3-6-14-7-4-11)9-13(18)15-12-5-8-17(2)16-12;/h5,8,10-11,14H,3-4,6-7,9H2,1-2H3,(H,15,16,18);1H. The first-order valence-electron chi connectivity index (χ1n) is 6.65. The molecule has 0 aromatic carbocycles. The van der Waals surface area contributed by atoms with E-state index in [4.69, 9.17) is 0 Å². The van der Waals surface area contributed by atoms with Crippen LogP contribution < -0.4 is 10.6 Å². The molecule has 108 valence electrons. The van der Waals surface area contributed by atoms with Gasteiger partial charge in [0, 0.05) is 25.7 Å². The maximum absolute atomic E-state index is 11.9. The fourth-order valence-corrected chi connectivity index (χ4v) is 2.55. The third-order valence-electron chi connectivity index (χ3n) is 3.68. The highest BCUT2D eigenvalue weighted by Gasteiger charge is 2.22. The molecule has 1 amide bonds. The highest BCUT2D eigenvalue weighted by atomic mass is 35.5. The third-order valence-corrected chi connectivity index (χ3v) is 3.68. The Kier molecular flexibility index (Phi) is 6.31. The summed E-state index contributed by atoms with van der Waals surface area (Å²) in [7, 11) is 1.84. The lowest BCUT2D eigenvalue weighted by Crippen LogP contribution is -2.32. The average Bonchev–Trinajstić information content (AvgIpc) is 2.75. The zero-order chi connectivity index (χ0) is 13.0. The van der Waals surface area contributed by atoms with E-state index in [9.17, 15) is 4.79 Å². The normalized spacial score (nSPS) is 17.6. The van der Waals surface area contributed by atoms with Crippen LogP contribution in [0.25, 0.3) is 0 Å². The number of nitrogens with zero attached hydrogens (tertiary/aromatic N) is 2. The number of amides is 1. The minimum Gasteiger partial charge on any atom is -0.317 e. The van der Waals surface area contributed by atoms with E-state index in [0.29, 0.717) is 24.1 Å². The first-order chi connectivity index (χ1) is 8.65. The largest absolute Gasteiger partial charge is 0.317 e. The molecule has 0 spiro atoms. The van der Waals surface area contributed by atoms with Crippen LogP contribution in [0.4, 0.5) is 5.82 Å². The Morgan fingerprint density at radius 2 is 2.26 bits per heavy atom. The van der Waals surface area contributed by atoms with Crippen molar-refractivity contribution in [2.24, 2.45) is 18.9 Å². The van der Waals surface area contributed by atoms with Crippen molar-refractivity contribution < 1.29 is 4.79 Å². The van der Waals surface area contributed by atoms with Gasteiger partial charge in [-0.15, -0.1) is 12.4 Å². The highest BCUT2D eigenvalue weighted by molar-refractivity contribution is 5.89. The van der Waals surface area contributed by atoms with Gasteiger partial charge >= 0.3 is 0 Å². The fourth-order valence-electron chi connectivity index (χ4n) is 2.55. The van der Waals surface area contributed by atoms with Crippen LogP contribution in [0.1, 0.15) is 26.2 Å². The van der Waals surface area contributed by atoms with Gasteiger partial charge < -0.3 is 10.6 Å². The maximum Gasteiger partial charge on any atom is 0.225 e. The first-order valence-corrected chi connectivity index (χ1v) is 6.65. The molecule has 1 saturated heterocycles. The van der Waals surface area contributed by atoms with Crippen molar-refractivity contribution >= 4 is 24.1 Å². The number of carbonyl (C=O) groups is 1. The van der Waals surface area contributed by atoms with Crippen molar-refractivity contribution in [2.75, 3.05) is 18.4 Å². The Morgan fingerprint density at radius 3 is 2.84 bits per heavy atom. The van der Waals surface area contributed by atoms with Crippen molar-refractivity contribution in [1.29, 1.82) is 0 Å². The van der Waals surface area contributed by atoms with Crippen LogP contribution in [0.15, 0.2) is 12.3 Å². The fraction of sp³-hybridized carbons (Fsp3) is 0.692. The number of anilines is 1. The van der Waals surface area contributed by atoms with Crippen molar-refractivity contribution in [3.05, 3.63) is 12.3 Å². The van der Waals surface area contributed by atoms with Gasteiger partial charge in [0.15, 0.2) is 5.82 Å². The van der Waals surface area contributed by atoms with E-state index >= 15 is 0 Å². The van der Waals surface area contributed by atoms with Crippen LogP contribution in [0.2, 0.25) is 0 Å². The van der Waals surface area contributed by atoms with Crippen molar-refractivity contribution in [2.45, 2.75) is 26.2 Å². The van der Waals surface area contributed by atoms with E-state index in [2.05, 4.69) is 22.7 Å². The third kappa shape index (κ3) is 4.84. The molecule has 1 aromatic rings. The minimum absolute atomic E-state index is 0. The number of rotatable bonds is 4. The van der Waals surface area contributed by atoms with E-state index < -0.39 is 0 Å². The lowest BCUT2D eigenvalue weighted by atomic mass is 9.84. The van der Waals surface area contributed by atoms with Crippen molar-refractivity contribution in [3.63, 3.8) is 0 Å². The second-order valence-electron chi connectivity index (χ2n) is 5.19. The summed E-state index contributed by atoms with van der Waals surface area (Å²) in [6, 6.07) is 1.81. The van der Waals surface area contributed by atoms with E-state index in [0.717, 1.165) is 13.1 Å². The molecule has 0 aliphatic carbocycles. The molecule has 2 heterocycles. The van der Waals surface area contributed by atoms with Gasteiger partial charge in [0.05, 0.1) is 0 Å². The Balaban J connectivity index is 0.00000180. The molecule has 6 heteroatoms.